The molecule has 3 aromatic rings. The van der Waals surface area contributed by atoms with Crippen molar-refractivity contribution in [2.45, 2.75) is 32.7 Å². The van der Waals surface area contributed by atoms with Gasteiger partial charge in [-0.2, -0.15) is 0 Å². The Morgan fingerprint density at radius 2 is 2.00 bits per heavy atom. The molecule has 0 aliphatic carbocycles. The Labute approximate surface area is 135 Å². The molecular weight excluding hydrogens is 288 g/mol. The fourth-order valence-corrected chi connectivity index (χ4v) is 2.33. The Morgan fingerprint density at radius 3 is 2.83 bits per heavy atom. The fourth-order valence-electron chi connectivity index (χ4n) is 2.33. The summed E-state index contributed by atoms with van der Waals surface area (Å²) in [6.45, 7) is 2.79. The zero-order chi connectivity index (χ0) is 15.9. The van der Waals surface area contributed by atoms with Crippen LogP contribution in [0.15, 0.2) is 53.2 Å². The zero-order valence-electron chi connectivity index (χ0n) is 13.2. The van der Waals surface area contributed by atoms with Gasteiger partial charge in [0.2, 0.25) is 5.89 Å². The lowest BCUT2D eigenvalue weighted by Crippen LogP contribution is -1.99. The summed E-state index contributed by atoms with van der Waals surface area (Å²) < 4.78 is 5.58. The average Bonchev–Trinajstić information content (AvgIpc) is 3.07. The second-order valence-electron chi connectivity index (χ2n) is 5.40. The minimum Gasteiger partial charge on any atom is -0.408 e. The lowest BCUT2D eigenvalue weighted by molar-refractivity contribution is 0.495. The monoisotopic (exact) mass is 308 g/mol. The van der Waals surface area contributed by atoms with E-state index in [9.17, 15) is 0 Å². The first-order valence-electron chi connectivity index (χ1n) is 7.91. The van der Waals surface area contributed by atoms with Gasteiger partial charge in [-0.25, -0.2) is 0 Å². The van der Waals surface area contributed by atoms with Crippen molar-refractivity contribution in [2.75, 3.05) is 5.32 Å². The molecule has 0 radical (unpaired) electrons. The molecule has 0 spiro atoms. The predicted molar refractivity (Wildman–Crippen MR) is 89.9 cm³/mol. The molecule has 2 heterocycles. The Kier molecular flexibility index (Phi) is 4.99. The van der Waals surface area contributed by atoms with E-state index in [1.165, 1.54) is 0 Å². The number of unbranched alkanes of at least 4 members (excludes halogenated alkanes) is 1. The minimum atomic E-state index is 0.475. The van der Waals surface area contributed by atoms with Gasteiger partial charge in [0, 0.05) is 25.4 Å². The van der Waals surface area contributed by atoms with Gasteiger partial charge in [0.25, 0.3) is 0 Å². The molecule has 0 unspecified atom stereocenters. The molecular formula is C18H20N4O. The first kappa shape index (κ1) is 15.2. The molecule has 118 valence electrons. The highest BCUT2D eigenvalue weighted by atomic mass is 16.4. The maximum atomic E-state index is 5.58. The lowest BCUT2D eigenvalue weighted by atomic mass is 10.0. The molecule has 0 bridgehead atoms. The third-order valence-electron chi connectivity index (χ3n) is 3.58. The van der Waals surface area contributed by atoms with Gasteiger partial charge in [-0.05, 0) is 35.2 Å². The Balaban J connectivity index is 1.63. The standard InChI is InChI=1S/C18H20N4O/c1-2-3-9-17-21-22-18(23-17)20-12-14-6-4-7-15(11-14)16-8-5-10-19-13-16/h4-8,10-11,13H,2-3,9,12H2,1H3,(H,20,22). The summed E-state index contributed by atoms with van der Waals surface area (Å²) in [6.07, 6.45) is 6.66. The molecule has 0 saturated heterocycles. The SMILES string of the molecule is CCCCc1nnc(NCc2cccc(-c3cccnc3)c2)o1. The van der Waals surface area contributed by atoms with Gasteiger partial charge in [0.15, 0.2) is 0 Å². The second kappa shape index (κ2) is 7.54. The fraction of sp³-hybridized carbons (Fsp3) is 0.278. The molecule has 0 fully saturated rings. The van der Waals surface area contributed by atoms with Crippen LogP contribution in [0.25, 0.3) is 11.1 Å². The molecule has 0 aliphatic rings. The number of hydrogen-bond donors (Lipinski definition) is 1. The number of nitrogens with one attached hydrogen (secondary N) is 1. The van der Waals surface area contributed by atoms with Crippen LogP contribution < -0.4 is 5.32 Å². The zero-order valence-corrected chi connectivity index (χ0v) is 13.2. The smallest absolute Gasteiger partial charge is 0.315 e. The van der Waals surface area contributed by atoms with Crippen LogP contribution in [0.2, 0.25) is 0 Å². The van der Waals surface area contributed by atoms with E-state index in [1.54, 1.807) is 6.20 Å². The van der Waals surface area contributed by atoms with E-state index in [4.69, 9.17) is 4.42 Å². The van der Waals surface area contributed by atoms with Crippen molar-refractivity contribution in [1.82, 2.24) is 15.2 Å². The van der Waals surface area contributed by atoms with E-state index in [1.807, 2.05) is 18.3 Å². The van der Waals surface area contributed by atoms with Crippen molar-refractivity contribution < 1.29 is 4.42 Å². The van der Waals surface area contributed by atoms with Crippen LogP contribution in [0.1, 0.15) is 31.2 Å². The third kappa shape index (κ3) is 4.16. The largest absolute Gasteiger partial charge is 0.408 e. The highest BCUT2D eigenvalue weighted by Crippen LogP contribution is 2.19. The molecule has 0 amide bonds. The highest BCUT2D eigenvalue weighted by Gasteiger charge is 2.05. The van der Waals surface area contributed by atoms with Crippen LogP contribution in [0, 0.1) is 0 Å². The van der Waals surface area contributed by atoms with Crippen LogP contribution in [0.5, 0.6) is 0 Å². The van der Waals surface area contributed by atoms with Crippen molar-refractivity contribution in [3.8, 4) is 11.1 Å². The van der Waals surface area contributed by atoms with E-state index in [2.05, 4.69) is 51.7 Å². The van der Waals surface area contributed by atoms with Crippen LogP contribution in [-0.4, -0.2) is 15.2 Å². The number of aromatic nitrogens is 3. The number of rotatable bonds is 7. The molecule has 0 saturated carbocycles. The minimum absolute atomic E-state index is 0.475. The summed E-state index contributed by atoms with van der Waals surface area (Å²) in [5.41, 5.74) is 3.40. The van der Waals surface area contributed by atoms with Crippen molar-refractivity contribution in [2.24, 2.45) is 0 Å². The third-order valence-corrected chi connectivity index (χ3v) is 3.58. The number of nitrogens with zero attached hydrogens (tertiary/aromatic N) is 3. The average molecular weight is 308 g/mol. The molecule has 23 heavy (non-hydrogen) atoms. The van der Waals surface area contributed by atoms with E-state index in [0.29, 0.717) is 18.5 Å². The summed E-state index contributed by atoms with van der Waals surface area (Å²) in [7, 11) is 0. The van der Waals surface area contributed by atoms with Gasteiger partial charge in [0.05, 0.1) is 0 Å². The Bertz CT molecular complexity index is 740. The second-order valence-corrected chi connectivity index (χ2v) is 5.40. The lowest BCUT2D eigenvalue weighted by Gasteiger charge is -2.05. The van der Waals surface area contributed by atoms with Crippen LogP contribution in [0.4, 0.5) is 6.01 Å². The molecule has 3 rings (SSSR count). The van der Waals surface area contributed by atoms with Gasteiger partial charge in [-0.1, -0.05) is 42.7 Å². The summed E-state index contributed by atoms with van der Waals surface area (Å²) in [4.78, 5) is 4.16. The van der Waals surface area contributed by atoms with Gasteiger partial charge >= 0.3 is 6.01 Å². The van der Waals surface area contributed by atoms with Crippen LogP contribution in [-0.2, 0) is 13.0 Å². The molecule has 0 atom stereocenters. The van der Waals surface area contributed by atoms with Crippen molar-refractivity contribution in [1.29, 1.82) is 0 Å². The molecule has 5 heteroatoms. The summed E-state index contributed by atoms with van der Waals surface area (Å²) in [5.74, 6) is 0.693. The van der Waals surface area contributed by atoms with Crippen molar-refractivity contribution in [3.63, 3.8) is 0 Å². The van der Waals surface area contributed by atoms with Crippen LogP contribution in [0.3, 0.4) is 0 Å². The van der Waals surface area contributed by atoms with E-state index >= 15 is 0 Å². The summed E-state index contributed by atoms with van der Waals surface area (Å²) in [6, 6.07) is 12.8. The van der Waals surface area contributed by atoms with Gasteiger partial charge in [-0.3, -0.25) is 4.98 Å². The van der Waals surface area contributed by atoms with Gasteiger partial charge in [0.1, 0.15) is 0 Å². The summed E-state index contributed by atoms with van der Waals surface area (Å²) >= 11 is 0. The Morgan fingerprint density at radius 1 is 1.09 bits per heavy atom. The van der Waals surface area contributed by atoms with Gasteiger partial charge in [-0.15, -0.1) is 5.10 Å². The molecule has 2 aromatic heterocycles. The number of pyridine rings is 1. The van der Waals surface area contributed by atoms with E-state index < -0.39 is 0 Å². The number of hydrogen-bond acceptors (Lipinski definition) is 5. The van der Waals surface area contributed by atoms with Crippen molar-refractivity contribution in [3.05, 3.63) is 60.2 Å². The maximum absolute atomic E-state index is 5.58. The van der Waals surface area contributed by atoms with Crippen LogP contribution >= 0.6 is 0 Å². The van der Waals surface area contributed by atoms with Crippen molar-refractivity contribution >= 4 is 6.01 Å². The van der Waals surface area contributed by atoms with E-state index in [0.717, 1.165) is 36.0 Å². The highest BCUT2D eigenvalue weighted by molar-refractivity contribution is 5.63. The molecule has 1 aromatic carbocycles. The number of anilines is 1. The quantitative estimate of drug-likeness (QED) is 0.712. The normalized spacial score (nSPS) is 10.7. The molecule has 5 nitrogen and oxygen atoms in total. The first-order valence-corrected chi connectivity index (χ1v) is 7.91. The summed E-state index contributed by atoms with van der Waals surface area (Å²) in [5, 5.41) is 11.3. The predicted octanol–water partition coefficient (Wildman–Crippen LogP) is 4.09. The Hall–Kier alpha value is -2.69. The van der Waals surface area contributed by atoms with E-state index in [-0.39, 0.29) is 0 Å². The molecule has 1 N–H and O–H groups in total. The number of aryl methyl sites for hydroxylation is 1. The molecule has 0 aliphatic heterocycles. The maximum Gasteiger partial charge on any atom is 0.315 e. The first-order chi connectivity index (χ1) is 11.3. The topological polar surface area (TPSA) is 63.8 Å². The number of benzene rings is 1. The van der Waals surface area contributed by atoms with Gasteiger partial charge < -0.3 is 9.73 Å².